The Labute approximate surface area is 195 Å². The molecule has 0 saturated heterocycles. The summed E-state index contributed by atoms with van der Waals surface area (Å²) in [5.74, 6) is 0. The fourth-order valence-corrected chi connectivity index (χ4v) is 14.9. The molecule has 0 aliphatic rings. The van der Waals surface area contributed by atoms with Gasteiger partial charge in [0.1, 0.15) is 0 Å². The second-order valence-electron chi connectivity index (χ2n) is 7.64. The first-order valence-corrected chi connectivity index (χ1v) is 15.8. The number of benzene rings is 4. The Kier molecular flexibility index (Phi) is 7.39. The van der Waals surface area contributed by atoms with E-state index in [2.05, 4.69) is 155 Å². The molecule has 4 rings (SSSR count). The fraction of sp³-hybridized carbons (Fsp3) is 0.111. The van der Waals surface area contributed by atoms with Crippen LogP contribution in [0.3, 0.4) is 0 Å². The van der Waals surface area contributed by atoms with Gasteiger partial charge in [-0.2, -0.15) is 0 Å². The van der Waals surface area contributed by atoms with Gasteiger partial charge >= 0.3 is 196 Å². The van der Waals surface area contributed by atoms with E-state index in [1.54, 1.807) is 0 Å². The van der Waals surface area contributed by atoms with E-state index in [1.807, 2.05) is 0 Å². The molecule has 0 aliphatic heterocycles. The zero-order valence-electron chi connectivity index (χ0n) is 17.9. The molecule has 31 heavy (non-hydrogen) atoms. The average molecular weight is 506 g/mol. The van der Waals surface area contributed by atoms with Gasteiger partial charge in [-0.05, 0) is 0 Å². The van der Waals surface area contributed by atoms with Crippen LogP contribution in [-0.2, 0) is 0 Å². The second kappa shape index (κ2) is 10.2. The molecular weight excluding hydrogens is 479 g/mol. The molecule has 0 saturated carbocycles. The molecule has 4 aromatic rings. The number of rotatable bonds is 7. The Morgan fingerprint density at radius 3 is 1.23 bits per heavy atom. The van der Waals surface area contributed by atoms with Gasteiger partial charge in [-0.25, -0.2) is 0 Å². The molecule has 0 fully saturated rings. The number of hydrogen-bond acceptors (Lipinski definition) is 1. The van der Waals surface area contributed by atoms with E-state index in [-0.39, 0.29) is 0 Å². The molecule has 0 unspecified atom stereocenters. The van der Waals surface area contributed by atoms with E-state index in [9.17, 15) is 0 Å². The standard InChI is InChI=1S/C27H27NP2Se/c1-23(2)28(29(24-15-7-3-8-16-24)25-17-9-4-10-18-25)30(31,26-19-11-5-12-20-26)27-21-13-6-14-22-27/h3-23H,1-2H3. The first kappa shape index (κ1) is 22.4. The van der Waals surface area contributed by atoms with E-state index < -0.39 is 13.7 Å². The zero-order chi connectivity index (χ0) is 21.7. The molecule has 0 aliphatic carbocycles. The van der Waals surface area contributed by atoms with E-state index in [0.29, 0.717) is 6.04 Å². The Balaban J connectivity index is 2.01. The van der Waals surface area contributed by atoms with Crippen molar-refractivity contribution in [1.29, 1.82) is 0 Å². The van der Waals surface area contributed by atoms with Crippen molar-refractivity contribution >= 4 is 50.0 Å². The van der Waals surface area contributed by atoms with Gasteiger partial charge in [-0.15, -0.1) is 0 Å². The molecule has 0 atom stereocenters. The summed E-state index contributed by atoms with van der Waals surface area (Å²) in [7, 11) is -0.738. The van der Waals surface area contributed by atoms with Gasteiger partial charge in [0, 0.05) is 0 Å². The van der Waals surface area contributed by atoms with Crippen LogP contribution in [0.2, 0.25) is 0 Å². The average Bonchev–Trinajstić information content (AvgIpc) is 2.84. The van der Waals surface area contributed by atoms with Crippen molar-refractivity contribution in [2.45, 2.75) is 19.9 Å². The van der Waals surface area contributed by atoms with Crippen LogP contribution >= 0.6 is 13.7 Å². The van der Waals surface area contributed by atoms with Crippen LogP contribution in [-0.4, -0.2) is 25.6 Å². The van der Waals surface area contributed by atoms with Crippen molar-refractivity contribution in [3.05, 3.63) is 121 Å². The van der Waals surface area contributed by atoms with Crippen molar-refractivity contribution in [1.82, 2.24) is 4.44 Å². The summed E-state index contributed by atoms with van der Waals surface area (Å²) >= 11 is 3.78. The van der Waals surface area contributed by atoms with Crippen LogP contribution < -0.4 is 21.2 Å². The Bertz CT molecular complexity index is 1050. The molecule has 0 radical (unpaired) electrons. The number of nitrogens with zero attached hydrogens (tertiary/aromatic N) is 1. The van der Waals surface area contributed by atoms with Crippen LogP contribution in [0.4, 0.5) is 0 Å². The summed E-state index contributed by atoms with van der Waals surface area (Å²) in [5, 5.41) is 5.50. The van der Waals surface area contributed by atoms with Gasteiger partial charge in [0.2, 0.25) is 0 Å². The summed E-state index contributed by atoms with van der Waals surface area (Å²) in [6.07, 6.45) is 0. The van der Waals surface area contributed by atoms with Gasteiger partial charge in [0.05, 0.1) is 0 Å². The van der Waals surface area contributed by atoms with Gasteiger partial charge < -0.3 is 0 Å². The molecule has 0 heterocycles. The molecule has 0 aromatic heterocycles. The van der Waals surface area contributed by atoms with Gasteiger partial charge in [0.15, 0.2) is 0 Å². The summed E-state index contributed by atoms with van der Waals surface area (Å²) in [5.41, 5.74) is -1.99. The third-order valence-corrected chi connectivity index (χ3v) is 16.6. The Hall–Kier alpha value is -1.78. The molecule has 156 valence electrons. The minimum absolute atomic E-state index is 0.349. The van der Waals surface area contributed by atoms with Crippen molar-refractivity contribution in [2.75, 3.05) is 0 Å². The SMILES string of the molecule is CC(C)N(P(c1ccccc1)c1ccccc1)P(=[Se])(c1ccccc1)c1ccccc1. The summed E-state index contributed by atoms with van der Waals surface area (Å²) in [6, 6.07) is 44.4. The van der Waals surface area contributed by atoms with Crippen molar-refractivity contribution in [2.24, 2.45) is 0 Å². The first-order valence-electron chi connectivity index (χ1n) is 10.5. The fourth-order valence-electron chi connectivity index (χ4n) is 3.85. The van der Waals surface area contributed by atoms with Crippen LogP contribution in [0.25, 0.3) is 0 Å². The van der Waals surface area contributed by atoms with E-state index in [4.69, 9.17) is 0 Å². The van der Waals surface area contributed by atoms with E-state index >= 15 is 0 Å². The normalized spacial score (nSPS) is 11.9. The molecule has 1 nitrogen and oxygen atoms in total. The van der Waals surface area contributed by atoms with Gasteiger partial charge in [-0.3, -0.25) is 0 Å². The molecule has 0 bridgehead atoms. The molecular formula is C27H27NP2Se. The molecule has 4 aromatic carbocycles. The van der Waals surface area contributed by atoms with Crippen LogP contribution in [0, 0.1) is 0 Å². The van der Waals surface area contributed by atoms with Crippen LogP contribution in [0.5, 0.6) is 0 Å². The van der Waals surface area contributed by atoms with Gasteiger partial charge in [0.25, 0.3) is 0 Å². The minimum atomic E-state index is -1.99. The van der Waals surface area contributed by atoms with Crippen molar-refractivity contribution in [3.8, 4) is 0 Å². The van der Waals surface area contributed by atoms with Crippen molar-refractivity contribution < 1.29 is 0 Å². The van der Waals surface area contributed by atoms with Crippen LogP contribution in [0.1, 0.15) is 13.8 Å². The second-order valence-corrected chi connectivity index (χ2v) is 16.0. The predicted octanol–water partition coefficient (Wildman–Crippen LogP) is 5.41. The molecule has 0 N–H and O–H groups in total. The zero-order valence-corrected chi connectivity index (χ0v) is 21.4. The topological polar surface area (TPSA) is 3.24 Å². The summed E-state index contributed by atoms with van der Waals surface area (Å²) in [4.78, 5) is 0. The molecule has 0 amide bonds. The molecule has 0 spiro atoms. The van der Waals surface area contributed by atoms with Crippen molar-refractivity contribution in [3.63, 3.8) is 0 Å². The quantitative estimate of drug-likeness (QED) is 0.239. The predicted molar refractivity (Wildman–Crippen MR) is 141 cm³/mol. The summed E-state index contributed by atoms with van der Waals surface area (Å²) < 4.78 is 2.79. The van der Waals surface area contributed by atoms with E-state index in [1.165, 1.54) is 21.2 Å². The third kappa shape index (κ3) is 4.70. The van der Waals surface area contributed by atoms with E-state index in [0.717, 1.165) is 0 Å². The first-order chi connectivity index (χ1) is 15.1. The molecule has 4 heteroatoms. The maximum atomic E-state index is 3.78. The Morgan fingerprint density at radius 1 is 0.581 bits per heavy atom. The van der Waals surface area contributed by atoms with Gasteiger partial charge in [-0.1, -0.05) is 0 Å². The maximum absolute atomic E-state index is 3.78. The monoisotopic (exact) mass is 507 g/mol. The van der Waals surface area contributed by atoms with Crippen LogP contribution in [0.15, 0.2) is 121 Å². The summed E-state index contributed by atoms with van der Waals surface area (Å²) in [6.45, 7) is 4.67. The third-order valence-electron chi connectivity index (χ3n) is 5.17. The number of hydrogen-bond donors (Lipinski definition) is 0. The Morgan fingerprint density at radius 2 is 0.903 bits per heavy atom.